The van der Waals surface area contributed by atoms with Crippen molar-refractivity contribution in [3.05, 3.63) is 53.6 Å². The van der Waals surface area contributed by atoms with Crippen LogP contribution in [-0.2, 0) is 19.0 Å². The van der Waals surface area contributed by atoms with E-state index in [4.69, 9.17) is 9.97 Å². The highest BCUT2D eigenvalue weighted by Gasteiger charge is 2.35. The lowest BCUT2D eigenvalue weighted by Crippen LogP contribution is -2.38. The smallest absolute Gasteiger partial charge is 0.354 e. The Bertz CT molecular complexity index is 1050. The summed E-state index contributed by atoms with van der Waals surface area (Å²) in [5.41, 5.74) is 2.09. The van der Waals surface area contributed by atoms with E-state index in [9.17, 15) is 13.2 Å². The van der Waals surface area contributed by atoms with Gasteiger partial charge in [-0.05, 0) is 50.3 Å². The molecule has 0 amide bonds. The lowest BCUT2D eigenvalue weighted by Gasteiger charge is -2.34. The highest BCUT2D eigenvalue weighted by Crippen LogP contribution is 2.34. The van der Waals surface area contributed by atoms with E-state index in [0.717, 1.165) is 67.5 Å². The Morgan fingerprint density at radius 2 is 1.93 bits per heavy atom. The molecule has 1 fully saturated rings. The molecule has 0 spiro atoms. The Kier molecular flexibility index (Phi) is 4.67. The zero-order chi connectivity index (χ0) is 20.7. The summed E-state index contributed by atoms with van der Waals surface area (Å²) in [4.78, 5) is 16.2. The number of halogens is 3. The molecule has 9 heteroatoms. The van der Waals surface area contributed by atoms with E-state index in [1.165, 1.54) is 10.9 Å². The molecule has 1 atom stereocenters. The van der Waals surface area contributed by atoms with Gasteiger partial charge < -0.3 is 4.90 Å². The molecule has 3 aromatic heterocycles. The van der Waals surface area contributed by atoms with E-state index in [0.29, 0.717) is 12.4 Å². The number of aromatic nitrogens is 5. The topological polar surface area (TPSA) is 59.7 Å². The summed E-state index contributed by atoms with van der Waals surface area (Å²) in [5.74, 6) is 1.50. The van der Waals surface area contributed by atoms with Crippen molar-refractivity contribution in [3.8, 4) is 11.5 Å². The van der Waals surface area contributed by atoms with Crippen LogP contribution < -0.4 is 4.90 Å². The number of alkyl halides is 3. The third-order valence-corrected chi connectivity index (χ3v) is 5.77. The van der Waals surface area contributed by atoms with Crippen LogP contribution in [0.2, 0.25) is 0 Å². The Morgan fingerprint density at radius 1 is 1.03 bits per heavy atom. The first-order chi connectivity index (χ1) is 14.5. The van der Waals surface area contributed by atoms with Crippen LogP contribution in [0.1, 0.15) is 42.3 Å². The summed E-state index contributed by atoms with van der Waals surface area (Å²) < 4.78 is 40.3. The number of hydrogen-bond acceptors (Lipinski definition) is 5. The molecule has 1 saturated heterocycles. The predicted octanol–water partition coefficient (Wildman–Crippen LogP) is 4.08. The van der Waals surface area contributed by atoms with Crippen LogP contribution in [-0.4, -0.2) is 37.8 Å². The second-order valence-electron chi connectivity index (χ2n) is 7.79. The molecule has 5 rings (SSSR count). The zero-order valence-electron chi connectivity index (χ0n) is 16.3. The van der Waals surface area contributed by atoms with Crippen molar-refractivity contribution in [1.29, 1.82) is 0 Å². The van der Waals surface area contributed by atoms with E-state index in [1.807, 2.05) is 18.2 Å². The van der Waals surface area contributed by atoms with Crippen LogP contribution >= 0.6 is 0 Å². The number of fused-ring (bicyclic) bond motifs is 1. The average Bonchev–Trinajstić information content (AvgIpc) is 3.43. The number of rotatable bonds is 3. The fraction of sp³-hybridized carbons (Fsp3) is 0.429. The van der Waals surface area contributed by atoms with E-state index >= 15 is 0 Å². The highest BCUT2D eigenvalue weighted by atomic mass is 19.4. The first-order valence-electron chi connectivity index (χ1n) is 10.2. The number of anilines is 1. The van der Waals surface area contributed by atoms with Gasteiger partial charge >= 0.3 is 6.18 Å². The van der Waals surface area contributed by atoms with Gasteiger partial charge in [0.05, 0.1) is 6.04 Å². The molecule has 3 aromatic rings. The van der Waals surface area contributed by atoms with Crippen LogP contribution in [0.5, 0.6) is 0 Å². The summed E-state index contributed by atoms with van der Waals surface area (Å²) in [6.45, 7) is 1.39. The molecule has 0 radical (unpaired) electrons. The molecule has 1 aliphatic carbocycles. The van der Waals surface area contributed by atoms with Crippen molar-refractivity contribution < 1.29 is 13.2 Å². The summed E-state index contributed by atoms with van der Waals surface area (Å²) in [7, 11) is 0. The maximum atomic E-state index is 13.0. The van der Waals surface area contributed by atoms with Crippen molar-refractivity contribution >= 4 is 5.82 Å². The first kappa shape index (κ1) is 19.0. The Hall–Kier alpha value is -2.97. The minimum atomic E-state index is -4.43. The SMILES string of the molecule is FC(F)(F)c1ccn(C2CCCN(c3nc(-c4ccccn4)nc4c3CCC4)C2)n1. The summed E-state index contributed by atoms with van der Waals surface area (Å²) in [6, 6.07) is 6.57. The minimum absolute atomic E-state index is 0.125. The number of nitrogens with zero attached hydrogens (tertiary/aromatic N) is 6. The molecule has 0 bridgehead atoms. The molecule has 6 nitrogen and oxygen atoms in total. The summed E-state index contributed by atoms with van der Waals surface area (Å²) in [6.07, 6.45) is 3.25. The second kappa shape index (κ2) is 7.37. The highest BCUT2D eigenvalue weighted by molar-refractivity contribution is 5.59. The molecular weight excluding hydrogens is 393 g/mol. The van der Waals surface area contributed by atoms with Gasteiger partial charge in [0.1, 0.15) is 11.5 Å². The third kappa shape index (κ3) is 3.53. The van der Waals surface area contributed by atoms with Gasteiger partial charge in [-0.2, -0.15) is 18.3 Å². The number of piperidine rings is 1. The molecule has 2 aliphatic rings. The molecule has 156 valence electrons. The van der Waals surface area contributed by atoms with Crippen LogP contribution in [0.15, 0.2) is 36.7 Å². The van der Waals surface area contributed by atoms with Gasteiger partial charge in [-0.3, -0.25) is 9.67 Å². The van der Waals surface area contributed by atoms with Gasteiger partial charge in [-0.1, -0.05) is 6.07 Å². The second-order valence-corrected chi connectivity index (χ2v) is 7.79. The molecular formula is C21H21F3N6. The first-order valence-corrected chi connectivity index (χ1v) is 10.2. The monoisotopic (exact) mass is 414 g/mol. The van der Waals surface area contributed by atoms with Gasteiger partial charge in [0.25, 0.3) is 0 Å². The maximum absolute atomic E-state index is 13.0. The molecule has 1 unspecified atom stereocenters. The normalized spacial score (nSPS) is 19.2. The van der Waals surface area contributed by atoms with E-state index in [1.54, 1.807) is 6.20 Å². The zero-order valence-corrected chi connectivity index (χ0v) is 16.3. The van der Waals surface area contributed by atoms with Crippen molar-refractivity contribution in [2.75, 3.05) is 18.0 Å². The Labute approximate surface area is 171 Å². The van der Waals surface area contributed by atoms with Crippen molar-refractivity contribution in [2.24, 2.45) is 0 Å². The molecule has 30 heavy (non-hydrogen) atoms. The molecule has 1 aliphatic heterocycles. The predicted molar refractivity (Wildman–Crippen MR) is 105 cm³/mol. The fourth-order valence-corrected chi connectivity index (χ4v) is 4.34. The summed E-state index contributed by atoms with van der Waals surface area (Å²) >= 11 is 0. The fourth-order valence-electron chi connectivity index (χ4n) is 4.34. The van der Waals surface area contributed by atoms with E-state index in [2.05, 4.69) is 15.0 Å². The lowest BCUT2D eigenvalue weighted by atomic mass is 10.0. The molecule has 0 saturated carbocycles. The van der Waals surface area contributed by atoms with Gasteiger partial charge in [0.15, 0.2) is 11.5 Å². The quantitative estimate of drug-likeness (QED) is 0.646. The van der Waals surface area contributed by atoms with Crippen LogP contribution in [0.3, 0.4) is 0 Å². The van der Waals surface area contributed by atoms with Crippen LogP contribution in [0.4, 0.5) is 19.0 Å². The number of aryl methyl sites for hydroxylation is 1. The Morgan fingerprint density at radius 3 is 2.70 bits per heavy atom. The van der Waals surface area contributed by atoms with Gasteiger partial charge in [0, 0.05) is 36.7 Å². The van der Waals surface area contributed by atoms with Gasteiger partial charge in [0.2, 0.25) is 0 Å². The van der Waals surface area contributed by atoms with Crippen LogP contribution in [0.25, 0.3) is 11.5 Å². The van der Waals surface area contributed by atoms with E-state index < -0.39 is 11.9 Å². The number of hydrogen-bond donors (Lipinski definition) is 0. The van der Waals surface area contributed by atoms with Gasteiger partial charge in [-0.25, -0.2) is 9.97 Å². The van der Waals surface area contributed by atoms with Crippen LogP contribution in [0, 0.1) is 0 Å². The van der Waals surface area contributed by atoms with Crippen molar-refractivity contribution in [3.63, 3.8) is 0 Å². The van der Waals surface area contributed by atoms with Gasteiger partial charge in [-0.15, -0.1) is 0 Å². The van der Waals surface area contributed by atoms with E-state index in [-0.39, 0.29) is 6.04 Å². The molecule has 0 aromatic carbocycles. The number of pyridine rings is 1. The lowest BCUT2D eigenvalue weighted by molar-refractivity contribution is -0.141. The van der Waals surface area contributed by atoms with Crippen molar-refractivity contribution in [1.82, 2.24) is 24.7 Å². The standard InChI is InChI=1S/C21H21F3N6/c22-21(23,24)18-9-12-30(28-18)14-5-4-11-29(13-14)20-15-6-3-8-16(15)26-19(27-20)17-7-1-2-10-25-17/h1-2,7,9-10,12,14H,3-6,8,11,13H2. The van der Waals surface area contributed by atoms with Crippen molar-refractivity contribution in [2.45, 2.75) is 44.3 Å². The molecule has 0 N–H and O–H groups in total. The average molecular weight is 414 g/mol. The minimum Gasteiger partial charge on any atom is -0.354 e. The molecule has 4 heterocycles. The third-order valence-electron chi connectivity index (χ3n) is 5.77. The largest absolute Gasteiger partial charge is 0.435 e. The maximum Gasteiger partial charge on any atom is 0.435 e. The Balaban J connectivity index is 1.46. The summed E-state index contributed by atoms with van der Waals surface area (Å²) in [5, 5.41) is 3.79.